The van der Waals surface area contributed by atoms with E-state index < -0.39 is 24.5 Å². The number of hydrogen-bond donors (Lipinski definition) is 3. The third-order valence-electron chi connectivity index (χ3n) is 3.50. The van der Waals surface area contributed by atoms with Gasteiger partial charge in [-0.1, -0.05) is 0 Å². The van der Waals surface area contributed by atoms with Crippen LogP contribution in [-0.2, 0) is 4.74 Å². The minimum absolute atomic E-state index is 0.345. The summed E-state index contributed by atoms with van der Waals surface area (Å²) in [5.41, 5.74) is 1.46. The maximum atomic E-state index is 10.0. The van der Waals surface area contributed by atoms with Crippen molar-refractivity contribution in [1.82, 2.24) is 14.5 Å². The van der Waals surface area contributed by atoms with Gasteiger partial charge in [0.1, 0.15) is 30.3 Å². The number of hydrogen-bond acceptors (Lipinski definition) is 6. The topological polar surface area (TPSA) is 101 Å². The van der Waals surface area contributed by atoms with Crippen molar-refractivity contribution in [3.8, 4) is 0 Å². The van der Waals surface area contributed by atoms with E-state index in [-0.39, 0.29) is 6.61 Å². The van der Waals surface area contributed by atoms with E-state index in [1.54, 1.807) is 10.8 Å². The average molecular weight is 265 g/mol. The molecule has 3 heterocycles. The molecule has 1 aliphatic rings. The van der Waals surface area contributed by atoms with E-state index in [9.17, 15) is 10.2 Å². The summed E-state index contributed by atoms with van der Waals surface area (Å²) in [5, 5.41) is 29.7. The van der Waals surface area contributed by atoms with E-state index >= 15 is 0 Å². The highest BCUT2D eigenvalue weighted by Crippen LogP contribution is 2.32. The molecule has 2 aromatic heterocycles. The number of aryl methyl sites for hydroxylation is 1. The molecule has 19 heavy (non-hydrogen) atoms. The quantitative estimate of drug-likeness (QED) is 0.667. The zero-order chi connectivity index (χ0) is 13.6. The van der Waals surface area contributed by atoms with Crippen LogP contribution in [0.25, 0.3) is 11.0 Å². The van der Waals surface area contributed by atoms with Gasteiger partial charge in [0.15, 0.2) is 6.23 Å². The van der Waals surface area contributed by atoms with Crippen LogP contribution >= 0.6 is 0 Å². The summed E-state index contributed by atoms with van der Waals surface area (Å²) < 4.78 is 7.13. The van der Waals surface area contributed by atoms with Crippen molar-refractivity contribution in [2.75, 3.05) is 6.61 Å². The smallest absolute Gasteiger partial charge is 0.164 e. The van der Waals surface area contributed by atoms with Gasteiger partial charge in [0.25, 0.3) is 0 Å². The molecule has 1 fully saturated rings. The molecule has 0 amide bonds. The highest BCUT2D eigenvalue weighted by atomic mass is 16.6. The highest BCUT2D eigenvalue weighted by molar-refractivity contribution is 5.78. The fraction of sp³-hybridized carbons (Fsp3) is 0.500. The highest BCUT2D eigenvalue weighted by Gasteiger charge is 2.43. The molecule has 0 unspecified atom stereocenters. The van der Waals surface area contributed by atoms with Gasteiger partial charge in [0.05, 0.1) is 12.3 Å². The molecule has 0 aliphatic carbocycles. The maximum absolute atomic E-state index is 10.0. The van der Waals surface area contributed by atoms with E-state index in [4.69, 9.17) is 9.84 Å². The fourth-order valence-corrected chi connectivity index (χ4v) is 2.41. The van der Waals surface area contributed by atoms with E-state index in [1.807, 2.05) is 13.0 Å². The molecule has 7 nitrogen and oxygen atoms in total. The van der Waals surface area contributed by atoms with Crippen molar-refractivity contribution in [1.29, 1.82) is 0 Å². The van der Waals surface area contributed by atoms with Crippen LogP contribution in [0, 0.1) is 6.92 Å². The summed E-state index contributed by atoms with van der Waals surface area (Å²) >= 11 is 0. The van der Waals surface area contributed by atoms with Gasteiger partial charge >= 0.3 is 0 Å². The number of aromatic nitrogens is 3. The van der Waals surface area contributed by atoms with Gasteiger partial charge in [-0.3, -0.25) is 0 Å². The van der Waals surface area contributed by atoms with Crippen LogP contribution in [0.1, 0.15) is 11.9 Å². The number of ether oxygens (including phenoxy) is 1. The number of nitrogens with zero attached hydrogens (tertiary/aromatic N) is 3. The standard InChI is InChI=1S/C12H15N3O4/c1-6-7-2-3-15(11(7)14-5-13-6)12-10(18)9(17)8(4-16)19-12/h2-3,5,8-10,12,16-18H,4H2,1H3/t8-,9-,10-,12-/m1/s1. The molecule has 0 radical (unpaired) electrons. The van der Waals surface area contributed by atoms with Crippen molar-refractivity contribution >= 4 is 11.0 Å². The van der Waals surface area contributed by atoms with Gasteiger partial charge in [-0.15, -0.1) is 0 Å². The lowest BCUT2D eigenvalue weighted by Crippen LogP contribution is -2.33. The van der Waals surface area contributed by atoms with E-state index in [2.05, 4.69) is 9.97 Å². The van der Waals surface area contributed by atoms with Crippen molar-refractivity contribution in [2.45, 2.75) is 31.5 Å². The number of aliphatic hydroxyl groups excluding tert-OH is 3. The summed E-state index contributed by atoms with van der Waals surface area (Å²) in [6.45, 7) is 1.52. The molecule has 1 saturated heterocycles. The molecule has 0 aromatic carbocycles. The molecule has 102 valence electrons. The van der Waals surface area contributed by atoms with Crippen molar-refractivity contribution < 1.29 is 20.1 Å². The lowest BCUT2D eigenvalue weighted by atomic mass is 10.1. The lowest BCUT2D eigenvalue weighted by Gasteiger charge is -2.17. The summed E-state index contributed by atoms with van der Waals surface area (Å²) in [4.78, 5) is 8.27. The van der Waals surface area contributed by atoms with Crippen molar-refractivity contribution in [3.63, 3.8) is 0 Å². The van der Waals surface area contributed by atoms with Crippen LogP contribution in [0.3, 0.4) is 0 Å². The van der Waals surface area contributed by atoms with Crippen LogP contribution in [-0.4, -0.2) is 54.8 Å². The molecule has 3 rings (SSSR count). The second-order valence-electron chi connectivity index (χ2n) is 4.65. The van der Waals surface area contributed by atoms with Crippen LogP contribution in [0.4, 0.5) is 0 Å². The summed E-state index contributed by atoms with van der Waals surface area (Å²) in [5.74, 6) is 0. The molecule has 3 N–H and O–H groups in total. The van der Waals surface area contributed by atoms with Crippen LogP contribution in [0.5, 0.6) is 0 Å². The Balaban J connectivity index is 2.04. The maximum Gasteiger partial charge on any atom is 0.164 e. The predicted octanol–water partition coefficient (Wildman–Crippen LogP) is -0.649. The second-order valence-corrected chi connectivity index (χ2v) is 4.65. The first-order valence-corrected chi connectivity index (χ1v) is 6.04. The SMILES string of the molecule is Cc1ncnc2c1ccn2[C@@H]1O[C@H](CO)[C@@H](O)[C@H]1O. The first-order chi connectivity index (χ1) is 9.13. The average Bonchev–Trinajstić information content (AvgIpc) is 2.94. The van der Waals surface area contributed by atoms with Crippen molar-refractivity contribution in [3.05, 3.63) is 24.3 Å². The zero-order valence-electron chi connectivity index (χ0n) is 10.3. The number of aliphatic hydroxyl groups is 3. The minimum atomic E-state index is -1.12. The van der Waals surface area contributed by atoms with Crippen LogP contribution < -0.4 is 0 Å². The van der Waals surface area contributed by atoms with Gasteiger partial charge < -0.3 is 24.6 Å². The Labute approximate surface area is 109 Å². The monoisotopic (exact) mass is 265 g/mol. The van der Waals surface area contributed by atoms with Gasteiger partial charge in [0.2, 0.25) is 0 Å². The summed E-state index contributed by atoms with van der Waals surface area (Å²) in [6.07, 6.45) is -0.611. The molecule has 4 atom stereocenters. The Morgan fingerprint density at radius 1 is 1.32 bits per heavy atom. The summed E-state index contributed by atoms with van der Waals surface area (Å²) in [6, 6.07) is 1.83. The lowest BCUT2D eigenvalue weighted by molar-refractivity contribution is -0.0508. The second kappa shape index (κ2) is 4.53. The molecule has 0 spiro atoms. The normalized spacial score (nSPS) is 31.2. The first kappa shape index (κ1) is 12.5. The number of rotatable bonds is 2. The van der Waals surface area contributed by atoms with Gasteiger partial charge in [-0.25, -0.2) is 9.97 Å². The Kier molecular flexibility index (Phi) is 2.98. The van der Waals surface area contributed by atoms with E-state index in [0.29, 0.717) is 5.65 Å². The Bertz CT molecular complexity index is 600. The van der Waals surface area contributed by atoms with Crippen LogP contribution in [0.15, 0.2) is 18.6 Å². The molecule has 1 aliphatic heterocycles. The van der Waals surface area contributed by atoms with Crippen LogP contribution in [0.2, 0.25) is 0 Å². The Hall–Kier alpha value is -1.54. The predicted molar refractivity (Wildman–Crippen MR) is 65.3 cm³/mol. The molecule has 2 aromatic rings. The van der Waals surface area contributed by atoms with Crippen molar-refractivity contribution in [2.24, 2.45) is 0 Å². The Morgan fingerprint density at radius 3 is 2.79 bits per heavy atom. The van der Waals surface area contributed by atoms with Gasteiger partial charge in [-0.05, 0) is 13.0 Å². The number of fused-ring (bicyclic) bond motifs is 1. The summed E-state index contributed by atoms with van der Waals surface area (Å²) in [7, 11) is 0. The molecule has 0 saturated carbocycles. The van der Waals surface area contributed by atoms with Gasteiger partial charge in [-0.2, -0.15) is 0 Å². The molecule has 7 heteroatoms. The minimum Gasteiger partial charge on any atom is -0.394 e. The van der Waals surface area contributed by atoms with E-state index in [1.165, 1.54) is 6.33 Å². The molecule has 0 bridgehead atoms. The van der Waals surface area contributed by atoms with E-state index in [0.717, 1.165) is 11.1 Å². The Morgan fingerprint density at radius 2 is 2.11 bits per heavy atom. The molecular formula is C12H15N3O4. The third kappa shape index (κ3) is 1.82. The third-order valence-corrected chi connectivity index (χ3v) is 3.50. The van der Waals surface area contributed by atoms with Gasteiger partial charge in [0, 0.05) is 11.6 Å². The first-order valence-electron chi connectivity index (χ1n) is 6.04. The molecular weight excluding hydrogens is 250 g/mol. The zero-order valence-corrected chi connectivity index (χ0v) is 10.3. The fourth-order valence-electron chi connectivity index (χ4n) is 2.41. The largest absolute Gasteiger partial charge is 0.394 e.